The number of benzene rings is 1. The first-order valence-corrected chi connectivity index (χ1v) is 6.65. The van der Waals surface area contributed by atoms with Crippen molar-refractivity contribution < 1.29 is 9.63 Å². The van der Waals surface area contributed by atoms with E-state index in [0.29, 0.717) is 5.56 Å². The molecular formula is C11H12Br2N2O2. The number of nitrogens with one attached hydrogen (secondary N) is 1. The van der Waals surface area contributed by atoms with Gasteiger partial charge >= 0.3 is 0 Å². The van der Waals surface area contributed by atoms with Crippen LogP contribution in [0.1, 0.15) is 14.9 Å². The van der Waals surface area contributed by atoms with E-state index in [9.17, 15) is 4.79 Å². The lowest BCUT2D eigenvalue weighted by Gasteiger charge is -2.11. The van der Waals surface area contributed by atoms with E-state index in [-0.39, 0.29) is 15.4 Å². The van der Waals surface area contributed by atoms with Gasteiger partial charge in [-0.25, -0.2) is 0 Å². The second kappa shape index (κ2) is 6.76. The third-order valence-electron chi connectivity index (χ3n) is 2.08. The van der Waals surface area contributed by atoms with Crippen LogP contribution in [0.25, 0.3) is 0 Å². The van der Waals surface area contributed by atoms with E-state index >= 15 is 0 Å². The Bertz CT molecular complexity index is 433. The maximum absolute atomic E-state index is 11.7. The van der Waals surface area contributed by atoms with Crippen LogP contribution >= 0.6 is 31.9 Å². The summed E-state index contributed by atoms with van der Waals surface area (Å²) >= 11 is 6.83. The summed E-state index contributed by atoms with van der Waals surface area (Å²) in [5.74, 6) is -0.292. The molecule has 1 amide bonds. The highest BCUT2D eigenvalue weighted by molar-refractivity contribution is 9.24. The van der Waals surface area contributed by atoms with Crippen molar-refractivity contribution in [2.75, 3.05) is 14.2 Å². The molecule has 0 aromatic heterocycles. The first kappa shape index (κ1) is 14.2. The van der Waals surface area contributed by atoms with E-state index in [1.165, 1.54) is 7.11 Å². The van der Waals surface area contributed by atoms with Gasteiger partial charge in [0.1, 0.15) is 7.11 Å². The molecule has 0 unspecified atom stereocenters. The minimum absolute atomic E-state index is 0.0575. The fraction of sp³-hybridized carbons (Fsp3) is 0.273. The minimum atomic E-state index is -0.292. The summed E-state index contributed by atoms with van der Waals surface area (Å²) in [4.78, 5) is 16.4. The summed E-state index contributed by atoms with van der Waals surface area (Å²) < 4.78 is -0.0575. The first-order chi connectivity index (χ1) is 8.11. The Hall–Kier alpha value is -0.880. The largest absolute Gasteiger partial charge is 0.398 e. The lowest BCUT2D eigenvalue weighted by Crippen LogP contribution is -2.29. The number of likely N-dealkylation sites (N-methyl/N-ethyl adjacent to an activating group) is 1. The minimum Gasteiger partial charge on any atom is -0.398 e. The number of hydrogen-bond acceptors (Lipinski definition) is 3. The number of halogens is 2. The molecule has 0 heterocycles. The summed E-state index contributed by atoms with van der Waals surface area (Å²) in [5.41, 5.74) is 1.87. The van der Waals surface area contributed by atoms with Crippen molar-refractivity contribution in [3.05, 3.63) is 35.4 Å². The Morgan fingerprint density at radius 2 is 2.06 bits per heavy atom. The van der Waals surface area contributed by atoms with E-state index in [1.54, 1.807) is 7.05 Å². The molecule has 1 aromatic rings. The third-order valence-corrected chi connectivity index (χ3v) is 3.06. The van der Waals surface area contributed by atoms with Crippen LogP contribution in [0.15, 0.2) is 29.4 Å². The van der Waals surface area contributed by atoms with Crippen molar-refractivity contribution in [2.45, 2.75) is 3.74 Å². The van der Waals surface area contributed by atoms with Crippen molar-refractivity contribution in [3.8, 4) is 0 Å². The fourth-order valence-electron chi connectivity index (χ4n) is 1.33. The lowest BCUT2D eigenvalue weighted by atomic mass is 10.0. The standard InChI is InChI=1S/C11H12Br2N2O2/c1-14-11(16)9(15-17-2)7-5-3-4-6-8(7)10(12)13/h3-6,10H,1-2H3,(H,14,16)/b15-9-. The van der Waals surface area contributed by atoms with Crippen LogP contribution in [0.2, 0.25) is 0 Å². The summed E-state index contributed by atoms with van der Waals surface area (Å²) in [6.45, 7) is 0. The second-order valence-corrected chi connectivity index (χ2v) is 6.15. The van der Waals surface area contributed by atoms with Crippen LogP contribution in [-0.4, -0.2) is 25.8 Å². The predicted molar refractivity (Wildman–Crippen MR) is 74.6 cm³/mol. The van der Waals surface area contributed by atoms with Gasteiger partial charge in [-0.15, -0.1) is 0 Å². The molecule has 4 nitrogen and oxygen atoms in total. The molecule has 0 spiro atoms. The van der Waals surface area contributed by atoms with Crippen LogP contribution < -0.4 is 5.32 Å². The third kappa shape index (κ3) is 3.54. The Morgan fingerprint density at radius 3 is 2.59 bits per heavy atom. The topological polar surface area (TPSA) is 50.7 Å². The lowest BCUT2D eigenvalue weighted by molar-refractivity contribution is -0.114. The van der Waals surface area contributed by atoms with Gasteiger partial charge in [0, 0.05) is 12.6 Å². The normalized spacial score (nSPS) is 11.5. The number of rotatable bonds is 4. The molecule has 0 aliphatic heterocycles. The zero-order chi connectivity index (χ0) is 12.8. The van der Waals surface area contributed by atoms with E-state index < -0.39 is 0 Å². The quantitative estimate of drug-likeness (QED) is 0.507. The van der Waals surface area contributed by atoms with Crippen LogP contribution in [0.3, 0.4) is 0 Å². The second-order valence-electron chi connectivity index (χ2n) is 3.09. The number of oxime groups is 1. The van der Waals surface area contributed by atoms with Gasteiger partial charge in [0.05, 0.1) is 3.74 Å². The molecular weight excluding hydrogens is 352 g/mol. The zero-order valence-corrected chi connectivity index (χ0v) is 12.6. The number of alkyl halides is 2. The molecule has 0 saturated heterocycles. The fourth-order valence-corrected chi connectivity index (χ4v) is 2.12. The highest BCUT2D eigenvalue weighted by atomic mass is 79.9. The van der Waals surface area contributed by atoms with E-state index in [0.717, 1.165) is 5.56 Å². The number of carbonyl (C=O) groups is 1. The van der Waals surface area contributed by atoms with Crippen LogP contribution in [0.4, 0.5) is 0 Å². The van der Waals surface area contributed by atoms with E-state index in [4.69, 9.17) is 4.84 Å². The molecule has 92 valence electrons. The Kier molecular flexibility index (Phi) is 5.64. The van der Waals surface area contributed by atoms with E-state index in [2.05, 4.69) is 42.3 Å². The monoisotopic (exact) mass is 362 g/mol. The highest BCUT2D eigenvalue weighted by Gasteiger charge is 2.19. The molecule has 6 heteroatoms. The van der Waals surface area contributed by atoms with Gasteiger partial charge in [-0.3, -0.25) is 4.79 Å². The van der Waals surface area contributed by atoms with Gasteiger partial charge in [-0.05, 0) is 5.56 Å². The van der Waals surface area contributed by atoms with Gasteiger partial charge in [-0.2, -0.15) is 0 Å². The highest BCUT2D eigenvalue weighted by Crippen LogP contribution is 2.31. The maximum Gasteiger partial charge on any atom is 0.273 e. The van der Waals surface area contributed by atoms with Crippen molar-refractivity contribution in [2.24, 2.45) is 5.16 Å². The molecule has 0 aliphatic rings. The average Bonchev–Trinajstić information content (AvgIpc) is 2.35. The van der Waals surface area contributed by atoms with Gasteiger partial charge < -0.3 is 10.2 Å². The predicted octanol–water partition coefficient (Wildman–Crippen LogP) is 2.57. The summed E-state index contributed by atoms with van der Waals surface area (Å²) in [6.07, 6.45) is 0. The molecule has 0 saturated carbocycles. The Labute approximate surface area is 117 Å². The van der Waals surface area contributed by atoms with E-state index in [1.807, 2.05) is 24.3 Å². The van der Waals surface area contributed by atoms with Crippen molar-refractivity contribution in [1.82, 2.24) is 5.32 Å². The molecule has 0 radical (unpaired) electrons. The molecule has 0 bridgehead atoms. The van der Waals surface area contributed by atoms with Crippen molar-refractivity contribution in [3.63, 3.8) is 0 Å². The Balaban J connectivity index is 3.28. The summed E-state index contributed by atoms with van der Waals surface area (Å²) in [5, 5.41) is 6.31. The molecule has 17 heavy (non-hydrogen) atoms. The molecule has 1 N–H and O–H groups in total. The van der Waals surface area contributed by atoms with Gasteiger partial charge in [-0.1, -0.05) is 61.3 Å². The zero-order valence-electron chi connectivity index (χ0n) is 9.41. The van der Waals surface area contributed by atoms with Gasteiger partial charge in [0.2, 0.25) is 0 Å². The Morgan fingerprint density at radius 1 is 1.41 bits per heavy atom. The number of nitrogens with zero attached hydrogens (tertiary/aromatic N) is 1. The van der Waals surface area contributed by atoms with Crippen LogP contribution in [0, 0.1) is 0 Å². The molecule has 1 rings (SSSR count). The summed E-state index contributed by atoms with van der Waals surface area (Å²) in [7, 11) is 2.96. The number of amides is 1. The van der Waals surface area contributed by atoms with Crippen molar-refractivity contribution in [1.29, 1.82) is 0 Å². The number of carbonyl (C=O) groups excluding carboxylic acids is 1. The molecule has 1 aromatic carbocycles. The van der Waals surface area contributed by atoms with Crippen LogP contribution in [-0.2, 0) is 9.63 Å². The van der Waals surface area contributed by atoms with Gasteiger partial charge in [0.25, 0.3) is 5.91 Å². The molecule has 0 aliphatic carbocycles. The summed E-state index contributed by atoms with van der Waals surface area (Å²) in [6, 6.07) is 7.45. The average molecular weight is 364 g/mol. The number of hydrogen-bond donors (Lipinski definition) is 1. The van der Waals surface area contributed by atoms with Crippen molar-refractivity contribution >= 4 is 43.5 Å². The SMILES string of the molecule is CNC(=O)/C(=N\OC)c1ccccc1C(Br)Br. The smallest absolute Gasteiger partial charge is 0.273 e. The molecule has 0 fully saturated rings. The maximum atomic E-state index is 11.7. The molecule has 0 atom stereocenters. The van der Waals surface area contributed by atoms with Crippen LogP contribution in [0.5, 0.6) is 0 Å². The first-order valence-electron chi connectivity index (χ1n) is 4.82. The van der Waals surface area contributed by atoms with Gasteiger partial charge in [0.15, 0.2) is 5.71 Å².